The Morgan fingerprint density at radius 1 is 1.19 bits per heavy atom. The van der Waals surface area contributed by atoms with E-state index in [1.807, 2.05) is 24.3 Å². The first-order valence-electron chi connectivity index (χ1n) is 8.68. The second-order valence-corrected chi connectivity index (χ2v) is 6.35. The third kappa shape index (κ3) is 3.86. The zero-order valence-electron chi connectivity index (χ0n) is 14.3. The smallest absolute Gasteiger partial charge is 0.266 e. The molecule has 0 saturated heterocycles. The van der Waals surface area contributed by atoms with Gasteiger partial charge in [0.1, 0.15) is 6.61 Å². The molecule has 1 aliphatic heterocycles. The van der Waals surface area contributed by atoms with Gasteiger partial charge in [-0.15, -0.1) is 0 Å². The van der Waals surface area contributed by atoms with Crippen LogP contribution in [0.2, 0.25) is 0 Å². The molecule has 2 aliphatic rings. The van der Waals surface area contributed by atoms with Gasteiger partial charge in [-0.25, -0.2) is 5.43 Å². The predicted molar refractivity (Wildman–Crippen MR) is 96.5 cm³/mol. The lowest BCUT2D eigenvalue weighted by molar-refractivity contribution is -0.127. The first-order chi connectivity index (χ1) is 12.8. The Balaban J connectivity index is 1.23. The fourth-order valence-electron chi connectivity index (χ4n) is 3.20. The summed E-state index contributed by atoms with van der Waals surface area (Å²) in [5.41, 5.74) is 6.00. The minimum absolute atomic E-state index is 0.00527. The number of nitrogens with one attached hydrogen (secondary N) is 1. The topological polar surface area (TPSA) is 69.2 Å². The van der Waals surface area contributed by atoms with Gasteiger partial charge in [0.15, 0.2) is 11.5 Å². The van der Waals surface area contributed by atoms with E-state index >= 15 is 0 Å². The molecule has 0 fully saturated rings. The Labute approximate surface area is 151 Å². The highest BCUT2D eigenvalue weighted by molar-refractivity contribution is 5.83. The standard InChI is InChI=1S/C20H20N2O4/c23-20(12-24-17-7-6-15-3-1-2-4-16(15)10-17)22-21-11-14-5-8-18-19(9-14)26-13-25-18/h1-5,8-9,11,17H,6-7,10,12-13H2,(H,22,23)/t17-/m1/s1. The first-order valence-corrected chi connectivity index (χ1v) is 8.68. The number of aryl methyl sites for hydroxylation is 1. The summed E-state index contributed by atoms with van der Waals surface area (Å²) in [6.45, 7) is 0.237. The number of hydrazone groups is 1. The van der Waals surface area contributed by atoms with Crippen molar-refractivity contribution in [3.63, 3.8) is 0 Å². The van der Waals surface area contributed by atoms with Gasteiger partial charge in [-0.2, -0.15) is 5.10 Å². The largest absolute Gasteiger partial charge is 0.454 e. The molecule has 2 aromatic rings. The van der Waals surface area contributed by atoms with Gasteiger partial charge in [-0.3, -0.25) is 4.79 Å². The van der Waals surface area contributed by atoms with Crippen molar-refractivity contribution in [1.82, 2.24) is 5.43 Å². The van der Waals surface area contributed by atoms with Gasteiger partial charge in [0.25, 0.3) is 5.91 Å². The van der Waals surface area contributed by atoms with Crippen molar-refractivity contribution in [3.8, 4) is 11.5 Å². The maximum Gasteiger partial charge on any atom is 0.266 e. The van der Waals surface area contributed by atoms with Crippen LogP contribution in [0, 0.1) is 0 Å². The highest BCUT2D eigenvalue weighted by Crippen LogP contribution is 2.31. The molecule has 6 nitrogen and oxygen atoms in total. The van der Waals surface area contributed by atoms with Crippen LogP contribution in [0.15, 0.2) is 47.6 Å². The van der Waals surface area contributed by atoms with E-state index < -0.39 is 0 Å². The van der Waals surface area contributed by atoms with Gasteiger partial charge < -0.3 is 14.2 Å². The lowest BCUT2D eigenvalue weighted by atomic mass is 9.90. The van der Waals surface area contributed by atoms with Crippen molar-refractivity contribution in [2.45, 2.75) is 25.4 Å². The molecule has 0 aromatic heterocycles. The number of hydrogen-bond acceptors (Lipinski definition) is 5. The van der Waals surface area contributed by atoms with Gasteiger partial charge in [-0.1, -0.05) is 24.3 Å². The van der Waals surface area contributed by atoms with Crippen molar-refractivity contribution < 1.29 is 19.0 Å². The first kappa shape index (κ1) is 16.6. The van der Waals surface area contributed by atoms with Crippen LogP contribution in [0.1, 0.15) is 23.1 Å². The number of amides is 1. The molecular weight excluding hydrogens is 332 g/mol. The summed E-state index contributed by atoms with van der Waals surface area (Å²) < 4.78 is 16.3. The highest BCUT2D eigenvalue weighted by Gasteiger charge is 2.19. The normalized spacial score (nSPS) is 17.9. The molecule has 1 N–H and O–H groups in total. The average Bonchev–Trinajstić information content (AvgIpc) is 3.14. The molecule has 1 aliphatic carbocycles. The minimum Gasteiger partial charge on any atom is -0.454 e. The predicted octanol–water partition coefficient (Wildman–Crippen LogP) is 2.44. The number of carbonyl (C=O) groups excluding carboxylic acids is 1. The monoisotopic (exact) mass is 352 g/mol. The van der Waals surface area contributed by atoms with Gasteiger partial charge >= 0.3 is 0 Å². The van der Waals surface area contributed by atoms with Crippen LogP contribution in [-0.2, 0) is 22.4 Å². The molecular formula is C20H20N2O4. The molecule has 4 rings (SSSR count). The van der Waals surface area contributed by atoms with Crippen LogP contribution in [0.25, 0.3) is 0 Å². The van der Waals surface area contributed by atoms with E-state index in [1.165, 1.54) is 11.1 Å². The second-order valence-electron chi connectivity index (χ2n) is 6.35. The molecule has 1 amide bonds. The second kappa shape index (κ2) is 7.58. The number of rotatable bonds is 5. The van der Waals surface area contributed by atoms with Crippen molar-refractivity contribution in [1.29, 1.82) is 0 Å². The van der Waals surface area contributed by atoms with Crippen LogP contribution in [0.3, 0.4) is 0 Å². The molecule has 6 heteroatoms. The van der Waals surface area contributed by atoms with E-state index in [1.54, 1.807) is 6.21 Å². The Bertz CT molecular complexity index is 834. The van der Waals surface area contributed by atoms with E-state index in [2.05, 4.69) is 28.7 Å². The SMILES string of the molecule is O=C(CO[C@@H]1CCc2ccccc2C1)NN=Cc1ccc2c(c1)OCO2. The minimum atomic E-state index is -0.263. The number of nitrogens with zero attached hydrogens (tertiary/aromatic N) is 1. The fourth-order valence-corrected chi connectivity index (χ4v) is 3.20. The summed E-state index contributed by atoms with van der Waals surface area (Å²) in [7, 11) is 0. The number of fused-ring (bicyclic) bond motifs is 2. The molecule has 2 aromatic carbocycles. The lowest BCUT2D eigenvalue weighted by Gasteiger charge is -2.24. The Morgan fingerprint density at radius 3 is 2.96 bits per heavy atom. The fraction of sp³-hybridized carbons (Fsp3) is 0.300. The Kier molecular flexibility index (Phi) is 4.84. The van der Waals surface area contributed by atoms with Gasteiger partial charge in [0, 0.05) is 0 Å². The van der Waals surface area contributed by atoms with Crippen molar-refractivity contribution in [2.75, 3.05) is 13.4 Å². The van der Waals surface area contributed by atoms with E-state index in [4.69, 9.17) is 14.2 Å². The summed E-state index contributed by atoms with van der Waals surface area (Å²) >= 11 is 0. The van der Waals surface area contributed by atoms with Crippen LogP contribution in [0.5, 0.6) is 11.5 Å². The van der Waals surface area contributed by atoms with E-state index in [0.29, 0.717) is 11.5 Å². The molecule has 0 saturated carbocycles. The van der Waals surface area contributed by atoms with Crippen LogP contribution < -0.4 is 14.9 Å². The molecule has 0 spiro atoms. The number of ether oxygens (including phenoxy) is 3. The third-order valence-corrected chi connectivity index (χ3v) is 4.55. The summed E-state index contributed by atoms with van der Waals surface area (Å²) in [5, 5.41) is 3.97. The van der Waals surface area contributed by atoms with E-state index in [-0.39, 0.29) is 25.4 Å². The molecule has 0 radical (unpaired) electrons. The maximum absolute atomic E-state index is 11.9. The molecule has 1 heterocycles. The summed E-state index contributed by atoms with van der Waals surface area (Å²) in [5.74, 6) is 1.13. The average molecular weight is 352 g/mol. The number of carbonyl (C=O) groups is 1. The van der Waals surface area contributed by atoms with Crippen molar-refractivity contribution in [2.24, 2.45) is 5.10 Å². The van der Waals surface area contributed by atoms with Crippen LogP contribution in [0.4, 0.5) is 0 Å². The molecule has 0 bridgehead atoms. The third-order valence-electron chi connectivity index (χ3n) is 4.55. The van der Waals surface area contributed by atoms with Gasteiger partial charge in [-0.05, 0) is 54.2 Å². The quantitative estimate of drug-likeness (QED) is 0.663. The van der Waals surface area contributed by atoms with Crippen LogP contribution in [-0.4, -0.2) is 31.6 Å². The molecule has 0 unspecified atom stereocenters. The number of hydrogen-bond donors (Lipinski definition) is 1. The number of benzene rings is 2. The van der Waals surface area contributed by atoms with Crippen molar-refractivity contribution >= 4 is 12.1 Å². The summed E-state index contributed by atoms with van der Waals surface area (Å²) in [6, 6.07) is 13.9. The zero-order valence-corrected chi connectivity index (χ0v) is 14.3. The van der Waals surface area contributed by atoms with E-state index in [0.717, 1.165) is 24.8 Å². The van der Waals surface area contributed by atoms with Crippen molar-refractivity contribution in [3.05, 3.63) is 59.2 Å². The zero-order chi connectivity index (χ0) is 17.8. The maximum atomic E-state index is 11.9. The van der Waals surface area contributed by atoms with Gasteiger partial charge in [0.2, 0.25) is 6.79 Å². The Morgan fingerprint density at radius 2 is 2.04 bits per heavy atom. The molecule has 134 valence electrons. The van der Waals surface area contributed by atoms with Crippen LogP contribution >= 0.6 is 0 Å². The summed E-state index contributed by atoms with van der Waals surface area (Å²) in [4.78, 5) is 11.9. The molecule has 26 heavy (non-hydrogen) atoms. The Hall–Kier alpha value is -2.86. The highest BCUT2D eigenvalue weighted by atomic mass is 16.7. The van der Waals surface area contributed by atoms with Gasteiger partial charge in [0.05, 0.1) is 12.3 Å². The van der Waals surface area contributed by atoms with E-state index in [9.17, 15) is 4.79 Å². The molecule has 1 atom stereocenters. The lowest BCUT2D eigenvalue weighted by Crippen LogP contribution is -2.29. The summed E-state index contributed by atoms with van der Waals surface area (Å²) in [6.07, 6.45) is 4.42.